The third-order valence-electron chi connectivity index (χ3n) is 5.64. The monoisotopic (exact) mass is 412 g/mol. The van der Waals surface area contributed by atoms with Gasteiger partial charge in [-0.05, 0) is 37.0 Å². The molecule has 160 valence electrons. The molecule has 8 heteroatoms. The average molecular weight is 412 g/mol. The Labute approximate surface area is 176 Å². The fraction of sp³-hybridized carbons (Fsp3) is 0.500. The number of imidazole rings is 1. The van der Waals surface area contributed by atoms with Crippen molar-refractivity contribution in [1.82, 2.24) is 19.8 Å². The normalized spacial score (nSPS) is 18.4. The van der Waals surface area contributed by atoms with Crippen molar-refractivity contribution in [3.8, 4) is 5.75 Å². The molecule has 1 N–H and O–H groups in total. The molecule has 1 unspecified atom stereocenters. The number of carbonyl (C=O) groups is 2. The van der Waals surface area contributed by atoms with Gasteiger partial charge in [0.15, 0.2) is 6.10 Å². The molecule has 1 aromatic carbocycles. The van der Waals surface area contributed by atoms with Crippen LogP contribution in [-0.4, -0.2) is 58.7 Å². The van der Waals surface area contributed by atoms with Crippen LogP contribution in [0, 0.1) is 6.92 Å². The van der Waals surface area contributed by atoms with Gasteiger partial charge < -0.3 is 24.3 Å². The third-order valence-corrected chi connectivity index (χ3v) is 5.64. The quantitative estimate of drug-likeness (QED) is 0.776. The summed E-state index contributed by atoms with van der Waals surface area (Å²) in [5.74, 6) is 1.66. The molecule has 1 fully saturated rings. The summed E-state index contributed by atoms with van der Waals surface area (Å²) in [6, 6.07) is 6.03. The van der Waals surface area contributed by atoms with E-state index in [9.17, 15) is 9.59 Å². The smallest absolute Gasteiger partial charge is 0.251 e. The van der Waals surface area contributed by atoms with E-state index in [0.29, 0.717) is 32.7 Å². The van der Waals surface area contributed by atoms with Gasteiger partial charge in [0.1, 0.15) is 11.6 Å². The molecule has 8 nitrogen and oxygen atoms in total. The minimum atomic E-state index is -0.640. The van der Waals surface area contributed by atoms with E-state index in [1.54, 1.807) is 11.1 Å². The Morgan fingerprint density at radius 2 is 2.20 bits per heavy atom. The molecule has 0 radical (unpaired) electrons. The Hall–Kier alpha value is -2.87. The minimum Gasteiger partial charge on any atom is -0.493 e. The van der Waals surface area contributed by atoms with Crippen molar-refractivity contribution in [3.63, 3.8) is 0 Å². The lowest BCUT2D eigenvalue weighted by Crippen LogP contribution is -2.51. The lowest BCUT2D eigenvalue weighted by atomic mass is 10.0. The van der Waals surface area contributed by atoms with E-state index in [-0.39, 0.29) is 18.4 Å². The highest BCUT2D eigenvalue weighted by molar-refractivity contribution is 5.83. The zero-order valence-corrected chi connectivity index (χ0v) is 17.3. The number of amides is 2. The van der Waals surface area contributed by atoms with Crippen LogP contribution >= 0.6 is 0 Å². The molecule has 4 rings (SSSR count). The largest absolute Gasteiger partial charge is 0.493 e. The summed E-state index contributed by atoms with van der Waals surface area (Å²) in [4.78, 5) is 31.1. The van der Waals surface area contributed by atoms with Crippen LogP contribution in [0.15, 0.2) is 30.6 Å². The molecule has 0 bridgehead atoms. The van der Waals surface area contributed by atoms with Gasteiger partial charge in [-0.1, -0.05) is 12.1 Å². The molecule has 2 amide bonds. The van der Waals surface area contributed by atoms with E-state index in [2.05, 4.69) is 16.4 Å². The number of carbonyl (C=O) groups excluding carboxylic acids is 2. The van der Waals surface area contributed by atoms with Crippen molar-refractivity contribution in [2.75, 3.05) is 26.3 Å². The summed E-state index contributed by atoms with van der Waals surface area (Å²) in [6.45, 7) is 4.85. The predicted octanol–water partition coefficient (Wildman–Crippen LogP) is 1.45. The van der Waals surface area contributed by atoms with Crippen molar-refractivity contribution in [3.05, 3.63) is 47.5 Å². The number of aryl methyl sites for hydroxylation is 3. The molecule has 3 heterocycles. The van der Waals surface area contributed by atoms with E-state index in [4.69, 9.17) is 9.47 Å². The first kappa shape index (κ1) is 20.4. The molecule has 0 spiro atoms. The summed E-state index contributed by atoms with van der Waals surface area (Å²) < 4.78 is 13.2. The number of fused-ring (bicyclic) bond motifs is 1. The number of aromatic nitrogens is 2. The van der Waals surface area contributed by atoms with Crippen molar-refractivity contribution in [2.24, 2.45) is 0 Å². The van der Waals surface area contributed by atoms with Gasteiger partial charge in [-0.25, -0.2) is 4.98 Å². The van der Waals surface area contributed by atoms with Gasteiger partial charge in [-0.3, -0.25) is 9.59 Å². The number of morpholine rings is 1. The standard InChI is InChI=1S/C22H28N4O4/c1-16-23-7-9-25(16)8-6-21(27)26-10-12-30-20(15-26)22(28)24-14-17-4-5-19-18(13-17)3-2-11-29-19/h4-5,7,9,13,20H,2-3,6,8,10-12,14-15H2,1H3,(H,24,28). The van der Waals surface area contributed by atoms with Gasteiger partial charge >= 0.3 is 0 Å². The summed E-state index contributed by atoms with van der Waals surface area (Å²) in [6.07, 6.45) is 5.35. The SMILES string of the molecule is Cc1nccn1CCC(=O)N1CCOC(C(=O)NCc2ccc3c(c2)CCCO3)C1. The highest BCUT2D eigenvalue weighted by Gasteiger charge is 2.29. The van der Waals surface area contributed by atoms with Gasteiger partial charge in [-0.15, -0.1) is 0 Å². The second kappa shape index (κ2) is 9.30. The molecular weight excluding hydrogens is 384 g/mol. The summed E-state index contributed by atoms with van der Waals surface area (Å²) in [5.41, 5.74) is 2.22. The van der Waals surface area contributed by atoms with Crippen molar-refractivity contribution in [1.29, 1.82) is 0 Å². The second-order valence-corrected chi connectivity index (χ2v) is 7.73. The summed E-state index contributed by atoms with van der Waals surface area (Å²) in [7, 11) is 0. The van der Waals surface area contributed by atoms with E-state index in [1.165, 1.54) is 5.56 Å². The molecule has 0 aliphatic carbocycles. The van der Waals surface area contributed by atoms with Gasteiger partial charge in [0.05, 0.1) is 19.8 Å². The molecule has 2 aromatic rings. The topological polar surface area (TPSA) is 85.7 Å². The van der Waals surface area contributed by atoms with Gasteiger partial charge in [0, 0.05) is 38.4 Å². The number of nitrogens with zero attached hydrogens (tertiary/aromatic N) is 3. The number of benzene rings is 1. The third kappa shape index (κ3) is 4.81. The fourth-order valence-corrected chi connectivity index (χ4v) is 3.88. The van der Waals surface area contributed by atoms with E-state index >= 15 is 0 Å². The average Bonchev–Trinajstić information content (AvgIpc) is 3.20. The molecule has 2 aliphatic rings. The number of rotatable bonds is 6. The van der Waals surface area contributed by atoms with Crippen LogP contribution in [0.1, 0.15) is 29.8 Å². The first-order valence-electron chi connectivity index (χ1n) is 10.5. The minimum absolute atomic E-state index is 0.0267. The Bertz CT molecular complexity index is 910. The van der Waals surface area contributed by atoms with E-state index in [1.807, 2.05) is 29.8 Å². The molecule has 30 heavy (non-hydrogen) atoms. The van der Waals surface area contributed by atoms with Crippen LogP contribution in [0.3, 0.4) is 0 Å². The van der Waals surface area contributed by atoms with Gasteiger partial charge in [-0.2, -0.15) is 0 Å². The van der Waals surface area contributed by atoms with Gasteiger partial charge in [0.2, 0.25) is 5.91 Å². The molecule has 0 saturated carbocycles. The van der Waals surface area contributed by atoms with Crippen molar-refractivity contribution in [2.45, 2.75) is 45.4 Å². The molecule has 1 aromatic heterocycles. The summed E-state index contributed by atoms with van der Waals surface area (Å²) in [5, 5.41) is 2.94. The van der Waals surface area contributed by atoms with Crippen molar-refractivity contribution >= 4 is 11.8 Å². The number of hydrogen-bond acceptors (Lipinski definition) is 5. The number of hydrogen-bond donors (Lipinski definition) is 1. The number of nitrogens with one attached hydrogen (secondary N) is 1. The molecular formula is C22H28N4O4. The Morgan fingerprint density at radius 3 is 3.03 bits per heavy atom. The highest BCUT2D eigenvalue weighted by Crippen LogP contribution is 2.25. The predicted molar refractivity (Wildman–Crippen MR) is 110 cm³/mol. The van der Waals surface area contributed by atoms with Crippen LogP contribution in [0.4, 0.5) is 0 Å². The zero-order valence-electron chi connectivity index (χ0n) is 17.3. The van der Waals surface area contributed by atoms with Crippen LogP contribution in [0.5, 0.6) is 5.75 Å². The van der Waals surface area contributed by atoms with E-state index < -0.39 is 6.10 Å². The number of ether oxygens (including phenoxy) is 2. The maximum absolute atomic E-state index is 12.6. The maximum Gasteiger partial charge on any atom is 0.251 e. The zero-order chi connectivity index (χ0) is 20.9. The molecule has 1 saturated heterocycles. The Morgan fingerprint density at radius 1 is 1.30 bits per heavy atom. The molecule has 2 aliphatic heterocycles. The van der Waals surface area contributed by atoms with Crippen LogP contribution in [0.25, 0.3) is 0 Å². The summed E-state index contributed by atoms with van der Waals surface area (Å²) >= 11 is 0. The fourth-order valence-electron chi connectivity index (χ4n) is 3.88. The van der Waals surface area contributed by atoms with Crippen LogP contribution < -0.4 is 10.1 Å². The van der Waals surface area contributed by atoms with E-state index in [0.717, 1.165) is 36.6 Å². The Kier molecular flexibility index (Phi) is 6.32. The van der Waals surface area contributed by atoms with Crippen LogP contribution in [-0.2, 0) is 33.8 Å². The van der Waals surface area contributed by atoms with Gasteiger partial charge in [0.25, 0.3) is 5.91 Å². The first-order chi connectivity index (χ1) is 14.6. The lowest BCUT2D eigenvalue weighted by Gasteiger charge is -2.32. The molecule has 1 atom stereocenters. The highest BCUT2D eigenvalue weighted by atomic mass is 16.5. The Balaban J connectivity index is 1.27. The van der Waals surface area contributed by atoms with Crippen LogP contribution in [0.2, 0.25) is 0 Å². The maximum atomic E-state index is 12.6. The first-order valence-corrected chi connectivity index (χ1v) is 10.5. The lowest BCUT2D eigenvalue weighted by molar-refractivity contribution is -0.147. The second-order valence-electron chi connectivity index (χ2n) is 7.73. The van der Waals surface area contributed by atoms with Crippen molar-refractivity contribution < 1.29 is 19.1 Å².